The summed E-state index contributed by atoms with van der Waals surface area (Å²) in [5.41, 5.74) is 3.84. The van der Waals surface area contributed by atoms with Crippen molar-refractivity contribution in [2.75, 3.05) is 19.6 Å². The first-order valence-corrected chi connectivity index (χ1v) is 9.43. The largest absolute Gasteiger partial charge is 0.351 e. The zero-order valence-corrected chi connectivity index (χ0v) is 15.0. The van der Waals surface area contributed by atoms with Gasteiger partial charge in [-0.3, -0.25) is 14.7 Å². The van der Waals surface area contributed by atoms with Crippen molar-refractivity contribution in [1.29, 1.82) is 0 Å². The van der Waals surface area contributed by atoms with Crippen LogP contribution in [-0.4, -0.2) is 56.4 Å². The van der Waals surface area contributed by atoms with Gasteiger partial charge in [-0.05, 0) is 25.0 Å². The molecule has 4 heterocycles. The van der Waals surface area contributed by atoms with Crippen molar-refractivity contribution < 1.29 is 9.59 Å². The molecular formula is C20H21N5O2. The van der Waals surface area contributed by atoms with E-state index in [4.69, 9.17) is 0 Å². The molecule has 0 unspecified atom stereocenters. The predicted molar refractivity (Wildman–Crippen MR) is 100 cm³/mol. The number of likely N-dealkylation sites (tertiary alicyclic amines) is 1. The maximum Gasteiger partial charge on any atom is 0.274 e. The molecule has 1 aromatic carbocycles. The molecular weight excluding hydrogens is 342 g/mol. The highest BCUT2D eigenvalue weighted by molar-refractivity contribution is 5.98. The number of H-pyrrole nitrogens is 2. The van der Waals surface area contributed by atoms with Crippen LogP contribution in [0.3, 0.4) is 0 Å². The van der Waals surface area contributed by atoms with Crippen molar-refractivity contribution in [3.05, 3.63) is 53.0 Å². The first-order valence-electron chi connectivity index (χ1n) is 9.43. The number of carbonyl (C=O) groups excluding carboxylic acids is 2. The topological polar surface area (TPSA) is 85.1 Å². The highest BCUT2D eigenvalue weighted by atomic mass is 16.2. The lowest BCUT2D eigenvalue weighted by Gasteiger charge is -2.27. The molecule has 0 radical (unpaired) electrons. The van der Waals surface area contributed by atoms with E-state index in [2.05, 4.69) is 15.2 Å². The zero-order chi connectivity index (χ0) is 18.4. The zero-order valence-electron chi connectivity index (χ0n) is 15.0. The maximum atomic E-state index is 13.0. The Bertz CT molecular complexity index is 995. The normalized spacial score (nSPS) is 16.7. The van der Waals surface area contributed by atoms with Crippen molar-refractivity contribution in [3.63, 3.8) is 0 Å². The van der Waals surface area contributed by atoms with Crippen LogP contribution in [0, 0.1) is 0 Å². The molecule has 3 aromatic rings. The van der Waals surface area contributed by atoms with Crippen LogP contribution < -0.4 is 0 Å². The summed E-state index contributed by atoms with van der Waals surface area (Å²) in [6, 6.07) is 9.74. The number of amides is 2. The van der Waals surface area contributed by atoms with E-state index in [0.29, 0.717) is 30.9 Å². The minimum atomic E-state index is -0.0439. The first kappa shape index (κ1) is 16.1. The fourth-order valence-corrected chi connectivity index (χ4v) is 4.07. The third kappa shape index (κ3) is 2.70. The van der Waals surface area contributed by atoms with E-state index in [1.54, 1.807) is 4.90 Å². The van der Waals surface area contributed by atoms with Crippen LogP contribution in [0.2, 0.25) is 0 Å². The van der Waals surface area contributed by atoms with E-state index in [1.165, 1.54) is 0 Å². The summed E-state index contributed by atoms with van der Waals surface area (Å²) < 4.78 is 0. The molecule has 0 aliphatic carbocycles. The average molecular weight is 363 g/mol. The monoisotopic (exact) mass is 363 g/mol. The number of carbonyl (C=O) groups is 2. The van der Waals surface area contributed by atoms with Gasteiger partial charge in [-0.1, -0.05) is 18.2 Å². The second kappa shape index (κ2) is 6.26. The maximum absolute atomic E-state index is 13.0. The molecule has 2 aliphatic heterocycles. The lowest BCUT2D eigenvalue weighted by atomic mass is 10.0. The molecule has 27 heavy (non-hydrogen) atoms. The lowest BCUT2D eigenvalue weighted by molar-refractivity contribution is 0.0718. The van der Waals surface area contributed by atoms with Crippen molar-refractivity contribution in [2.45, 2.75) is 25.8 Å². The molecule has 0 atom stereocenters. The van der Waals surface area contributed by atoms with Crippen molar-refractivity contribution in [3.8, 4) is 0 Å². The highest BCUT2D eigenvalue weighted by Crippen LogP contribution is 2.25. The standard InChI is InChI=1S/C20H21N5O2/c26-19(17-11-13-5-1-2-6-15(13)21-17)25-10-7-16-14(12-25)18(23-22-16)20(27)24-8-3-4-9-24/h1-2,5-6,11,21H,3-4,7-10,12H2,(H,22,23). The molecule has 2 aromatic heterocycles. The molecule has 0 bridgehead atoms. The minimum Gasteiger partial charge on any atom is -0.351 e. The Kier molecular flexibility index (Phi) is 3.74. The van der Waals surface area contributed by atoms with Crippen LogP contribution in [0.15, 0.2) is 30.3 Å². The van der Waals surface area contributed by atoms with Gasteiger partial charge in [0.1, 0.15) is 5.69 Å². The number of nitrogens with one attached hydrogen (secondary N) is 2. The number of rotatable bonds is 2. The Balaban J connectivity index is 1.41. The molecule has 2 amide bonds. The molecule has 138 valence electrons. The van der Waals surface area contributed by atoms with Crippen molar-refractivity contribution in [2.24, 2.45) is 0 Å². The van der Waals surface area contributed by atoms with Crippen LogP contribution in [0.25, 0.3) is 10.9 Å². The molecule has 0 spiro atoms. The van der Waals surface area contributed by atoms with Crippen LogP contribution in [0.1, 0.15) is 45.1 Å². The van der Waals surface area contributed by atoms with Gasteiger partial charge in [-0.15, -0.1) is 0 Å². The first-order chi connectivity index (χ1) is 13.2. The number of benzene rings is 1. The van der Waals surface area contributed by atoms with E-state index >= 15 is 0 Å². The Morgan fingerprint density at radius 2 is 1.81 bits per heavy atom. The number of hydrogen-bond donors (Lipinski definition) is 2. The number of para-hydroxylation sites is 1. The molecule has 0 saturated carbocycles. The number of fused-ring (bicyclic) bond motifs is 2. The second-order valence-corrected chi connectivity index (χ2v) is 7.28. The molecule has 7 nitrogen and oxygen atoms in total. The van der Waals surface area contributed by atoms with Gasteiger partial charge >= 0.3 is 0 Å². The van der Waals surface area contributed by atoms with Gasteiger partial charge in [0.15, 0.2) is 5.69 Å². The second-order valence-electron chi connectivity index (χ2n) is 7.28. The molecule has 1 saturated heterocycles. The van der Waals surface area contributed by atoms with E-state index in [0.717, 1.165) is 48.1 Å². The summed E-state index contributed by atoms with van der Waals surface area (Å²) in [5.74, 6) is -0.0671. The third-order valence-electron chi connectivity index (χ3n) is 5.58. The number of hydrogen-bond acceptors (Lipinski definition) is 3. The fraction of sp³-hybridized carbons (Fsp3) is 0.350. The predicted octanol–water partition coefficient (Wildman–Crippen LogP) is 2.33. The van der Waals surface area contributed by atoms with Gasteiger partial charge in [0.05, 0.1) is 6.54 Å². The SMILES string of the molecule is O=C(c1cc2ccccc2[nH]1)N1CCc2[nH]nc(C(=O)N3CCCC3)c2C1. The molecule has 1 fully saturated rings. The van der Waals surface area contributed by atoms with Crippen molar-refractivity contribution >= 4 is 22.7 Å². The van der Waals surface area contributed by atoms with Gasteiger partial charge in [-0.2, -0.15) is 5.10 Å². The Labute approximate surface area is 156 Å². The van der Waals surface area contributed by atoms with Gasteiger partial charge < -0.3 is 14.8 Å². The van der Waals surface area contributed by atoms with Gasteiger partial charge in [0.2, 0.25) is 0 Å². The number of nitrogens with zero attached hydrogens (tertiary/aromatic N) is 3. The quantitative estimate of drug-likeness (QED) is 0.733. The Hall–Kier alpha value is -3.09. The van der Waals surface area contributed by atoms with Gasteiger partial charge in [0, 0.05) is 48.2 Å². The van der Waals surface area contributed by atoms with Crippen LogP contribution in [-0.2, 0) is 13.0 Å². The number of aromatic nitrogens is 3. The average Bonchev–Trinajstić information content (AvgIpc) is 3.45. The summed E-state index contributed by atoms with van der Waals surface area (Å²) in [6.07, 6.45) is 2.77. The Morgan fingerprint density at radius 1 is 1.00 bits per heavy atom. The van der Waals surface area contributed by atoms with Gasteiger partial charge in [0.25, 0.3) is 11.8 Å². The molecule has 2 aliphatic rings. The van der Waals surface area contributed by atoms with E-state index in [9.17, 15) is 9.59 Å². The minimum absolute atomic E-state index is 0.0232. The summed E-state index contributed by atoms with van der Waals surface area (Å²) in [6.45, 7) is 2.60. The molecule has 7 heteroatoms. The lowest BCUT2D eigenvalue weighted by Crippen LogP contribution is -2.37. The van der Waals surface area contributed by atoms with Gasteiger partial charge in [-0.25, -0.2) is 0 Å². The fourth-order valence-electron chi connectivity index (χ4n) is 4.07. The van der Waals surface area contributed by atoms with E-state index < -0.39 is 0 Å². The van der Waals surface area contributed by atoms with Crippen molar-refractivity contribution in [1.82, 2.24) is 25.0 Å². The summed E-state index contributed by atoms with van der Waals surface area (Å²) >= 11 is 0. The summed E-state index contributed by atoms with van der Waals surface area (Å²) in [5, 5.41) is 8.31. The third-order valence-corrected chi connectivity index (χ3v) is 5.58. The number of aromatic amines is 2. The summed E-state index contributed by atoms with van der Waals surface area (Å²) in [7, 11) is 0. The highest BCUT2D eigenvalue weighted by Gasteiger charge is 2.31. The smallest absolute Gasteiger partial charge is 0.274 e. The van der Waals surface area contributed by atoms with Crippen LogP contribution in [0.5, 0.6) is 0 Å². The van der Waals surface area contributed by atoms with E-state index in [1.807, 2.05) is 35.2 Å². The van der Waals surface area contributed by atoms with Crippen LogP contribution in [0.4, 0.5) is 0 Å². The molecule has 2 N–H and O–H groups in total. The van der Waals surface area contributed by atoms with E-state index in [-0.39, 0.29) is 11.8 Å². The van der Waals surface area contributed by atoms with Crippen LogP contribution >= 0.6 is 0 Å². The molecule has 5 rings (SSSR count). The summed E-state index contributed by atoms with van der Waals surface area (Å²) in [4.78, 5) is 32.6. The Morgan fingerprint density at radius 3 is 2.63 bits per heavy atom.